The van der Waals surface area contributed by atoms with E-state index in [2.05, 4.69) is 22.8 Å². The van der Waals surface area contributed by atoms with Gasteiger partial charge in [0.05, 0.1) is 13.2 Å². The smallest absolute Gasteiger partial charge is 0.323 e. The van der Waals surface area contributed by atoms with Crippen molar-refractivity contribution >= 4 is 17.2 Å². The number of fused-ring (bicyclic) bond motifs is 1. The average Bonchev–Trinajstić information content (AvgIpc) is 3.20. The summed E-state index contributed by atoms with van der Waals surface area (Å²) in [5.41, 5.74) is 4.21. The summed E-state index contributed by atoms with van der Waals surface area (Å²) < 4.78 is 15.9. The van der Waals surface area contributed by atoms with E-state index in [1.165, 1.54) is 7.11 Å². The Balaban J connectivity index is 1.74. The molecule has 2 heterocycles. The third-order valence-corrected chi connectivity index (χ3v) is 4.96. The van der Waals surface area contributed by atoms with Gasteiger partial charge in [0, 0.05) is 18.3 Å². The standard InChI is InChI=1S/C21H22N2O4/c1-22-16-6-4-3-5-15(16)14-9-17(23-18(10-14)21(24)25-2)13-7-8-19-20(11-13)27-12-26-19/h3-9,11,17-18,22-23H,10,12H2,1-2H3/t17-,18+/m0/s1. The van der Waals surface area contributed by atoms with E-state index in [0.717, 1.165) is 33.9 Å². The number of carbonyl (C=O) groups excluding carboxylic acids is 1. The number of anilines is 1. The van der Waals surface area contributed by atoms with E-state index >= 15 is 0 Å². The fourth-order valence-electron chi connectivity index (χ4n) is 3.59. The minimum atomic E-state index is -0.421. The highest BCUT2D eigenvalue weighted by Crippen LogP contribution is 2.38. The predicted octanol–water partition coefficient (Wildman–Crippen LogP) is 3.12. The minimum Gasteiger partial charge on any atom is -0.468 e. The minimum absolute atomic E-state index is 0.141. The summed E-state index contributed by atoms with van der Waals surface area (Å²) in [6.45, 7) is 0.234. The van der Waals surface area contributed by atoms with E-state index in [1.807, 2.05) is 43.4 Å². The molecular weight excluding hydrogens is 344 g/mol. The van der Waals surface area contributed by atoms with Gasteiger partial charge in [0.2, 0.25) is 6.79 Å². The van der Waals surface area contributed by atoms with Crippen LogP contribution in [0.15, 0.2) is 48.5 Å². The van der Waals surface area contributed by atoms with Gasteiger partial charge >= 0.3 is 5.97 Å². The van der Waals surface area contributed by atoms with Gasteiger partial charge < -0.3 is 19.5 Å². The second-order valence-electron chi connectivity index (χ2n) is 6.52. The molecule has 0 bridgehead atoms. The summed E-state index contributed by atoms with van der Waals surface area (Å²) in [5, 5.41) is 6.61. The van der Waals surface area contributed by atoms with E-state index < -0.39 is 6.04 Å². The Morgan fingerprint density at radius 2 is 2.00 bits per heavy atom. The molecule has 0 aromatic heterocycles. The van der Waals surface area contributed by atoms with Crippen LogP contribution in [-0.2, 0) is 9.53 Å². The number of hydrogen-bond donors (Lipinski definition) is 2. The van der Waals surface area contributed by atoms with Crippen molar-refractivity contribution in [1.29, 1.82) is 0 Å². The lowest BCUT2D eigenvalue weighted by atomic mass is 9.89. The van der Waals surface area contributed by atoms with Gasteiger partial charge in [0.15, 0.2) is 11.5 Å². The summed E-state index contributed by atoms with van der Waals surface area (Å²) in [6.07, 6.45) is 2.72. The molecule has 6 heteroatoms. The van der Waals surface area contributed by atoms with Gasteiger partial charge in [-0.3, -0.25) is 10.1 Å². The SMILES string of the molecule is CNc1ccccc1C1=C[C@@H](c2ccc3c(c2)OCO3)N[C@@H](C(=O)OC)C1. The first-order valence-electron chi connectivity index (χ1n) is 8.91. The number of benzene rings is 2. The molecule has 0 spiro atoms. The van der Waals surface area contributed by atoms with Crippen molar-refractivity contribution in [2.24, 2.45) is 0 Å². The summed E-state index contributed by atoms with van der Waals surface area (Å²) in [4.78, 5) is 12.3. The molecule has 2 aromatic rings. The number of esters is 1. The molecule has 27 heavy (non-hydrogen) atoms. The molecule has 2 aliphatic heterocycles. The summed E-state index contributed by atoms with van der Waals surface area (Å²) in [7, 11) is 3.31. The third-order valence-electron chi connectivity index (χ3n) is 4.96. The molecule has 2 aromatic carbocycles. The lowest BCUT2D eigenvalue weighted by molar-refractivity contribution is -0.143. The molecule has 2 aliphatic rings. The molecule has 2 atom stereocenters. The molecule has 0 saturated heterocycles. The van der Waals surface area contributed by atoms with E-state index in [9.17, 15) is 4.79 Å². The quantitative estimate of drug-likeness (QED) is 0.811. The van der Waals surface area contributed by atoms with Crippen molar-refractivity contribution in [3.8, 4) is 11.5 Å². The molecule has 4 rings (SSSR count). The first-order valence-corrected chi connectivity index (χ1v) is 8.91. The van der Waals surface area contributed by atoms with Crippen LogP contribution in [-0.4, -0.2) is 33.0 Å². The van der Waals surface area contributed by atoms with E-state index in [4.69, 9.17) is 14.2 Å². The number of carbonyl (C=O) groups is 1. The second-order valence-corrected chi connectivity index (χ2v) is 6.52. The Kier molecular flexibility index (Phi) is 4.73. The van der Waals surface area contributed by atoms with Gasteiger partial charge in [-0.2, -0.15) is 0 Å². The molecule has 0 aliphatic carbocycles. The topological polar surface area (TPSA) is 68.8 Å². The maximum Gasteiger partial charge on any atom is 0.323 e. The van der Waals surface area contributed by atoms with Crippen LogP contribution in [0, 0.1) is 0 Å². The fourth-order valence-corrected chi connectivity index (χ4v) is 3.59. The van der Waals surface area contributed by atoms with E-state index in [0.29, 0.717) is 6.42 Å². The lowest BCUT2D eigenvalue weighted by Crippen LogP contribution is -2.42. The van der Waals surface area contributed by atoms with Crippen LogP contribution in [0.5, 0.6) is 11.5 Å². The van der Waals surface area contributed by atoms with Gasteiger partial charge in [-0.25, -0.2) is 0 Å². The zero-order valence-electron chi connectivity index (χ0n) is 15.3. The van der Waals surface area contributed by atoms with Crippen molar-refractivity contribution in [3.63, 3.8) is 0 Å². The number of rotatable bonds is 4. The Morgan fingerprint density at radius 1 is 1.19 bits per heavy atom. The summed E-state index contributed by atoms with van der Waals surface area (Å²) >= 11 is 0. The van der Waals surface area contributed by atoms with E-state index in [-0.39, 0.29) is 18.8 Å². The molecule has 0 fully saturated rings. The molecular formula is C21H22N2O4. The highest BCUT2D eigenvalue weighted by molar-refractivity contribution is 5.84. The second kappa shape index (κ2) is 7.32. The molecule has 2 N–H and O–H groups in total. The Bertz CT molecular complexity index is 894. The van der Waals surface area contributed by atoms with Gasteiger partial charge in [0.1, 0.15) is 6.04 Å². The van der Waals surface area contributed by atoms with Crippen LogP contribution < -0.4 is 20.1 Å². The van der Waals surface area contributed by atoms with Crippen LogP contribution in [0.3, 0.4) is 0 Å². The number of methoxy groups -OCH3 is 1. The zero-order chi connectivity index (χ0) is 18.8. The first-order chi connectivity index (χ1) is 13.2. The van der Waals surface area contributed by atoms with Gasteiger partial charge in [0.25, 0.3) is 0 Å². The largest absolute Gasteiger partial charge is 0.468 e. The Labute approximate surface area is 158 Å². The summed E-state index contributed by atoms with van der Waals surface area (Å²) in [5.74, 6) is 1.19. The van der Waals surface area contributed by atoms with Crippen LogP contribution in [0.2, 0.25) is 0 Å². The van der Waals surface area contributed by atoms with Gasteiger partial charge in [-0.1, -0.05) is 30.3 Å². The van der Waals surface area contributed by atoms with Crippen LogP contribution in [0.4, 0.5) is 5.69 Å². The maximum absolute atomic E-state index is 12.3. The molecule has 0 saturated carbocycles. The zero-order valence-corrected chi connectivity index (χ0v) is 15.3. The monoisotopic (exact) mass is 366 g/mol. The Hall–Kier alpha value is -2.99. The first kappa shape index (κ1) is 17.4. The fraction of sp³-hybridized carbons (Fsp3) is 0.286. The lowest BCUT2D eigenvalue weighted by Gasteiger charge is -2.30. The molecule has 0 unspecified atom stereocenters. The van der Waals surface area contributed by atoms with Crippen molar-refractivity contribution in [2.75, 3.05) is 26.3 Å². The highest BCUT2D eigenvalue weighted by atomic mass is 16.7. The van der Waals surface area contributed by atoms with E-state index in [1.54, 1.807) is 0 Å². The van der Waals surface area contributed by atoms with Crippen molar-refractivity contribution < 1.29 is 19.0 Å². The third kappa shape index (κ3) is 3.36. The van der Waals surface area contributed by atoms with Crippen molar-refractivity contribution in [1.82, 2.24) is 5.32 Å². The average molecular weight is 366 g/mol. The number of hydrogen-bond acceptors (Lipinski definition) is 6. The number of ether oxygens (including phenoxy) is 3. The molecule has 0 amide bonds. The highest BCUT2D eigenvalue weighted by Gasteiger charge is 2.30. The van der Waals surface area contributed by atoms with Crippen molar-refractivity contribution in [3.05, 3.63) is 59.7 Å². The number of para-hydroxylation sites is 1. The van der Waals surface area contributed by atoms with Gasteiger partial charge in [-0.15, -0.1) is 0 Å². The summed E-state index contributed by atoms with van der Waals surface area (Å²) in [6, 6.07) is 13.4. The Morgan fingerprint density at radius 3 is 2.81 bits per heavy atom. The van der Waals surface area contributed by atoms with Crippen LogP contribution >= 0.6 is 0 Å². The number of nitrogens with one attached hydrogen (secondary N) is 2. The molecule has 140 valence electrons. The molecule has 6 nitrogen and oxygen atoms in total. The van der Waals surface area contributed by atoms with Crippen LogP contribution in [0.1, 0.15) is 23.6 Å². The van der Waals surface area contributed by atoms with Crippen molar-refractivity contribution in [2.45, 2.75) is 18.5 Å². The molecule has 0 radical (unpaired) electrons. The maximum atomic E-state index is 12.3. The predicted molar refractivity (Wildman–Crippen MR) is 103 cm³/mol. The van der Waals surface area contributed by atoms with Crippen LogP contribution in [0.25, 0.3) is 5.57 Å². The normalized spacial score (nSPS) is 20.7. The van der Waals surface area contributed by atoms with Gasteiger partial charge in [-0.05, 0) is 35.8 Å².